The van der Waals surface area contributed by atoms with Gasteiger partial charge in [0, 0.05) is 6.07 Å². The number of carbonyl (C=O) groups excluding carboxylic acids is 1. The smallest absolute Gasteiger partial charge is 0.276 e. The van der Waals surface area contributed by atoms with E-state index >= 15 is 0 Å². The predicted octanol–water partition coefficient (Wildman–Crippen LogP) is 3.67. The number of para-hydroxylation sites is 1. The monoisotopic (exact) mass is 402 g/mol. The average Bonchev–Trinajstić information content (AvgIpc) is 2.97. The van der Waals surface area contributed by atoms with E-state index in [2.05, 4.69) is 5.32 Å². The van der Waals surface area contributed by atoms with Crippen molar-refractivity contribution < 1.29 is 19.2 Å². The van der Waals surface area contributed by atoms with Crippen molar-refractivity contribution in [1.82, 2.24) is 5.32 Å². The van der Waals surface area contributed by atoms with Gasteiger partial charge in [0.1, 0.15) is 10.9 Å². The van der Waals surface area contributed by atoms with Crippen molar-refractivity contribution in [3.05, 3.63) is 68.6 Å². The molecule has 1 aliphatic rings. The van der Waals surface area contributed by atoms with E-state index in [4.69, 9.17) is 21.7 Å². The molecular weight excluding hydrogens is 388 g/mol. The maximum Gasteiger partial charge on any atom is 0.276 e. The van der Waals surface area contributed by atoms with Gasteiger partial charge >= 0.3 is 0 Å². The lowest BCUT2D eigenvalue weighted by molar-refractivity contribution is -0.385. The van der Waals surface area contributed by atoms with Gasteiger partial charge in [-0.2, -0.15) is 0 Å². The summed E-state index contributed by atoms with van der Waals surface area (Å²) in [6.07, 6.45) is 1.70. The first-order valence-electron chi connectivity index (χ1n) is 7.76. The largest absolute Gasteiger partial charge is 0.493 e. The van der Waals surface area contributed by atoms with Crippen molar-refractivity contribution >= 4 is 46.0 Å². The maximum atomic E-state index is 11.8. The Bertz CT molecular complexity index is 959. The molecule has 0 unspecified atom stereocenters. The number of nitrogens with one attached hydrogen (secondary N) is 1. The van der Waals surface area contributed by atoms with Gasteiger partial charge in [-0.05, 0) is 29.8 Å². The molecule has 7 nitrogen and oxygen atoms in total. The summed E-state index contributed by atoms with van der Waals surface area (Å²) >= 11 is 6.16. The van der Waals surface area contributed by atoms with Crippen LogP contribution in [0.5, 0.6) is 11.5 Å². The van der Waals surface area contributed by atoms with Crippen LogP contribution in [0, 0.1) is 10.1 Å². The number of thiocarbonyl (C=S) groups is 1. The molecule has 0 radical (unpaired) electrons. The summed E-state index contributed by atoms with van der Waals surface area (Å²) in [6.45, 7) is 0.0283. The number of nitro benzene ring substituents is 1. The topological polar surface area (TPSA) is 90.7 Å². The highest BCUT2D eigenvalue weighted by molar-refractivity contribution is 8.26. The van der Waals surface area contributed by atoms with E-state index in [-0.39, 0.29) is 18.2 Å². The van der Waals surface area contributed by atoms with E-state index in [1.807, 2.05) is 0 Å². The summed E-state index contributed by atoms with van der Waals surface area (Å²) in [4.78, 5) is 22.9. The van der Waals surface area contributed by atoms with Crippen LogP contribution in [-0.4, -0.2) is 22.3 Å². The summed E-state index contributed by atoms with van der Waals surface area (Å²) in [5.74, 6) is 0.659. The second-order valence-corrected chi connectivity index (χ2v) is 7.16. The molecule has 3 rings (SSSR count). The molecule has 9 heteroatoms. The molecule has 0 aliphatic carbocycles. The van der Waals surface area contributed by atoms with E-state index in [9.17, 15) is 14.9 Å². The number of carbonyl (C=O) groups is 1. The second-order valence-electron chi connectivity index (χ2n) is 5.44. The maximum absolute atomic E-state index is 11.8. The summed E-state index contributed by atoms with van der Waals surface area (Å²) in [5.41, 5.74) is 1.20. The van der Waals surface area contributed by atoms with Crippen LogP contribution in [0.25, 0.3) is 6.08 Å². The predicted molar refractivity (Wildman–Crippen MR) is 107 cm³/mol. The summed E-state index contributed by atoms with van der Waals surface area (Å²) in [7, 11) is 1.50. The minimum absolute atomic E-state index is 0.00180. The van der Waals surface area contributed by atoms with Crippen molar-refractivity contribution in [2.24, 2.45) is 0 Å². The van der Waals surface area contributed by atoms with Crippen LogP contribution >= 0.6 is 24.0 Å². The number of hydrogen-bond acceptors (Lipinski definition) is 7. The normalized spacial score (nSPS) is 14.9. The van der Waals surface area contributed by atoms with Gasteiger partial charge < -0.3 is 14.8 Å². The Labute approximate surface area is 164 Å². The Morgan fingerprint density at radius 2 is 2.04 bits per heavy atom. The van der Waals surface area contributed by atoms with Gasteiger partial charge in [0.15, 0.2) is 11.5 Å². The molecule has 1 heterocycles. The number of methoxy groups -OCH3 is 1. The minimum Gasteiger partial charge on any atom is -0.493 e. The average molecular weight is 402 g/mol. The van der Waals surface area contributed by atoms with Gasteiger partial charge in [-0.3, -0.25) is 14.9 Å². The Hall–Kier alpha value is -2.91. The summed E-state index contributed by atoms with van der Waals surface area (Å²) < 4.78 is 11.5. The van der Waals surface area contributed by atoms with Crippen LogP contribution in [-0.2, 0) is 11.4 Å². The first-order valence-corrected chi connectivity index (χ1v) is 8.98. The van der Waals surface area contributed by atoms with Crippen molar-refractivity contribution in [3.63, 3.8) is 0 Å². The van der Waals surface area contributed by atoms with Gasteiger partial charge in [0.25, 0.3) is 11.6 Å². The molecule has 1 N–H and O–H groups in total. The highest BCUT2D eigenvalue weighted by Crippen LogP contribution is 2.32. The van der Waals surface area contributed by atoms with Crippen molar-refractivity contribution in [2.75, 3.05) is 7.11 Å². The van der Waals surface area contributed by atoms with Crippen LogP contribution in [0.15, 0.2) is 47.4 Å². The number of rotatable bonds is 6. The molecule has 138 valence electrons. The lowest BCUT2D eigenvalue weighted by Gasteiger charge is -2.11. The molecule has 0 spiro atoms. The fourth-order valence-electron chi connectivity index (χ4n) is 2.43. The molecule has 27 heavy (non-hydrogen) atoms. The van der Waals surface area contributed by atoms with Crippen LogP contribution in [0.1, 0.15) is 11.1 Å². The van der Waals surface area contributed by atoms with E-state index in [1.165, 1.54) is 24.9 Å². The van der Waals surface area contributed by atoms with Gasteiger partial charge in [-0.1, -0.05) is 42.2 Å². The number of ether oxygens (including phenoxy) is 2. The number of hydrogen-bond donors (Lipinski definition) is 1. The van der Waals surface area contributed by atoms with E-state index < -0.39 is 4.92 Å². The number of benzene rings is 2. The van der Waals surface area contributed by atoms with Crippen LogP contribution in [0.3, 0.4) is 0 Å². The fourth-order valence-corrected chi connectivity index (χ4v) is 3.48. The lowest BCUT2D eigenvalue weighted by atomic mass is 10.1. The van der Waals surface area contributed by atoms with Gasteiger partial charge in [0.2, 0.25) is 0 Å². The summed E-state index contributed by atoms with van der Waals surface area (Å²) in [6, 6.07) is 11.6. The molecule has 2 aromatic carbocycles. The molecular formula is C18H14N2O5S2. The Morgan fingerprint density at radius 3 is 2.70 bits per heavy atom. The minimum atomic E-state index is -0.444. The first-order chi connectivity index (χ1) is 13.0. The van der Waals surface area contributed by atoms with Gasteiger partial charge in [-0.25, -0.2) is 0 Å². The molecule has 0 bridgehead atoms. The van der Waals surface area contributed by atoms with Gasteiger partial charge in [0.05, 0.1) is 22.5 Å². The van der Waals surface area contributed by atoms with Crippen molar-refractivity contribution in [3.8, 4) is 11.5 Å². The fraction of sp³-hybridized carbons (Fsp3) is 0.111. The third-order valence-electron chi connectivity index (χ3n) is 3.70. The van der Waals surface area contributed by atoms with Crippen LogP contribution in [0.4, 0.5) is 5.69 Å². The molecule has 0 saturated carbocycles. The lowest BCUT2D eigenvalue weighted by Crippen LogP contribution is -2.17. The second kappa shape index (κ2) is 8.19. The molecule has 0 atom stereocenters. The molecule has 2 aromatic rings. The van der Waals surface area contributed by atoms with E-state index in [0.29, 0.717) is 26.3 Å². The first kappa shape index (κ1) is 18.9. The Balaban J connectivity index is 1.79. The number of nitro groups is 1. The Kier molecular flexibility index (Phi) is 5.72. The standard InChI is InChI=1S/C18H14N2O5S2/c1-24-15-8-11(9-16-17(21)19-18(26)27-16)6-7-14(15)25-10-12-4-2-3-5-13(12)20(22)23/h2-9H,10H2,1H3,(H,19,21,26)/b16-9-. The van der Waals surface area contributed by atoms with Gasteiger partial charge in [-0.15, -0.1) is 0 Å². The molecule has 1 aliphatic heterocycles. The zero-order valence-electron chi connectivity index (χ0n) is 14.1. The molecule has 1 fully saturated rings. The number of nitrogens with zero attached hydrogens (tertiary/aromatic N) is 1. The van der Waals surface area contributed by atoms with Crippen molar-refractivity contribution in [2.45, 2.75) is 6.61 Å². The van der Waals surface area contributed by atoms with Crippen LogP contribution in [0.2, 0.25) is 0 Å². The zero-order valence-corrected chi connectivity index (χ0v) is 15.8. The summed E-state index contributed by atoms with van der Waals surface area (Å²) in [5, 5.41) is 13.6. The highest BCUT2D eigenvalue weighted by Gasteiger charge is 2.22. The van der Waals surface area contributed by atoms with E-state index in [0.717, 1.165) is 5.56 Å². The Morgan fingerprint density at radius 1 is 1.26 bits per heavy atom. The molecule has 1 saturated heterocycles. The third kappa shape index (κ3) is 4.44. The SMILES string of the molecule is COc1cc(/C=C2\SC(=S)NC2=O)ccc1OCc1ccccc1[N+](=O)[O-]. The number of amides is 1. The zero-order chi connectivity index (χ0) is 19.4. The number of thioether (sulfide) groups is 1. The van der Waals surface area contributed by atoms with Crippen molar-refractivity contribution in [1.29, 1.82) is 0 Å². The quantitative estimate of drug-likeness (QED) is 0.341. The highest BCUT2D eigenvalue weighted by atomic mass is 32.2. The van der Waals surface area contributed by atoms with E-state index in [1.54, 1.807) is 42.5 Å². The third-order valence-corrected chi connectivity index (χ3v) is 4.86. The molecule has 0 aromatic heterocycles. The van der Waals surface area contributed by atoms with Crippen LogP contribution < -0.4 is 14.8 Å². The molecule has 1 amide bonds.